The van der Waals surface area contributed by atoms with Gasteiger partial charge in [0.05, 0.1) is 30.6 Å². The molecule has 24 heavy (non-hydrogen) atoms. The van der Waals surface area contributed by atoms with Crippen LogP contribution in [0.15, 0.2) is 41.6 Å². The maximum absolute atomic E-state index is 12.8. The lowest BCUT2D eigenvalue weighted by atomic mass is 10.2. The minimum Gasteiger partial charge on any atom is -0.383 e. The summed E-state index contributed by atoms with van der Waals surface area (Å²) >= 11 is 0. The lowest BCUT2D eigenvalue weighted by Gasteiger charge is -2.09. The Morgan fingerprint density at radius 2 is 2.08 bits per heavy atom. The number of halogens is 3. The quantitative estimate of drug-likeness (QED) is 0.732. The highest BCUT2D eigenvalue weighted by atomic mass is 19.4. The van der Waals surface area contributed by atoms with E-state index < -0.39 is 11.7 Å². The van der Waals surface area contributed by atoms with Gasteiger partial charge in [-0.3, -0.25) is 9.36 Å². The summed E-state index contributed by atoms with van der Waals surface area (Å²) < 4.78 is 46.0. The second-order valence-electron chi connectivity index (χ2n) is 5.08. The average Bonchev–Trinajstić information content (AvgIpc) is 2.98. The van der Waals surface area contributed by atoms with Crippen LogP contribution < -0.4 is 5.56 Å². The van der Waals surface area contributed by atoms with Gasteiger partial charge in [0.1, 0.15) is 11.7 Å². The second kappa shape index (κ2) is 6.08. The number of benzene rings is 1. The molecule has 2 aromatic heterocycles. The first kappa shape index (κ1) is 16.2. The van der Waals surface area contributed by atoms with Gasteiger partial charge >= 0.3 is 6.18 Å². The van der Waals surface area contributed by atoms with Crippen molar-refractivity contribution in [3.8, 4) is 5.69 Å². The number of hydrogen-bond donors (Lipinski definition) is 0. The smallest absolute Gasteiger partial charge is 0.383 e. The minimum atomic E-state index is -4.46. The molecule has 0 spiro atoms. The molecule has 3 aromatic rings. The summed E-state index contributed by atoms with van der Waals surface area (Å²) in [5.74, 6) is 0. The lowest BCUT2D eigenvalue weighted by molar-refractivity contribution is -0.137. The normalized spacial score (nSPS) is 12.0. The fourth-order valence-electron chi connectivity index (χ4n) is 2.30. The van der Waals surface area contributed by atoms with Gasteiger partial charge < -0.3 is 4.74 Å². The van der Waals surface area contributed by atoms with E-state index in [1.165, 1.54) is 41.0 Å². The molecule has 3 rings (SSSR count). The van der Waals surface area contributed by atoms with E-state index in [4.69, 9.17) is 4.74 Å². The van der Waals surface area contributed by atoms with E-state index in [0.717, 1.165) is 12.1 Å². The van der Waals surface area contributed by atoms with Gasteiger partial charge in [-0.2, -0.15) is 18.3 Å². The van der Waals surface area contributed by atoms with Gasteiger partial charge in [-0.05, 0) is 18.2 Å². The first-order chi connectivity index (χ1) is 11.4. The molecule has 0 saturated carbocycles. The van der Waals surface area contributed by atoms with E-state index in [-0.39, 0.29) is 22.3 Å². The summed E-state index contributed by atoms with van der Waals surface area (Å²) in [6, 6.07) is 4.69. The van der Waals surface area contributed by atoms with Crippen molar-refractivity contribution in [3.63, 3.8) is 0 Å². The Kier molecular flexibility index (Phi) is 4.10. The van der Waals surface area contributed by atoms with E-state index in [0.29, 0.717) is 13.2 Å². The Morgan fingerprint density at radius 3 is 2.79 bits per heavy atom. The van der Waals surface area contributed by atoms with E-state index in [1.54, 1.807) is 0 Å². The van der Waals surface area contributed by atoms with E-state index in [1.807, 2.05) is 0 Å². The van der Waals surface area contributed by atoms with Crippen molar-refractivity contribution in [2.75, 3.05) is 13.7 Å². The Bertz CT molecular complexity index is 930. The molecule has 0 amide bonds. The lowest BCUT2D eigenvalue weighted by Crippen LogP contribution is -2.22. The maximum atomic E-state index is 12.8. The van der Waals surface area contributed by atoms with Crippen LogP contribution in [0.25, 0.3) is 16.7 Å². The van der Waals surface area contributed by atoms with Crippen molar-refractivity contribution >= 4 is 11.0 Å². The number of hydrogen-bond acceptors (Lipinski definition) is 4. The molecule has 0 unspecified atom stereocenters. The minimum absolute atomic E-state index is 0.182. The number of methoxy groups -OCH3 is 1. The van der Waals surface area contributed by atoms with Crippen LogP contribution in [-0.4, -0.2) is 33.0 Å². The van der Waals surface area contributed by atoms with Gasteiger partial charge in [0.25, 0.3) is 5.56 Å². The van der Waals surface area contributed by atoms with Crippen molar-refractivity contribution < 1.29 is 17.9 Å². The SMILES string of the molecule is COCCn1cnc2c(cnn2-c2cccc(C(F)(F)F)c2)c1=O. The van der Waals surface area contributed by atoms with Crippen LogP contribution in [0.1, 0.15) is 5.56 Å². The third kappa shape index (κ3) is 2.90. The van der Waals surface area contributed by atoms with Crippen LogP contribution in [-0.2, 0) is 17.5 Å². The third-order valence-electron chi connectivity index (χ3n) is 3.51. The van der Waals surface area contributed by atoms with Crippen LogP contribution in [0.5, 0.6) is 0 Å². The standard InChI is InChI=1S/C15H13F3N4O2/c1-24-6-5-21-9-19-13-12(14(21)23)8-20-22(13)11-4-2-3-10(7-11)15(16,17)18/h2-4,7-9H,5-6H2,1H3. The van der Waals surface area contributed by atoms with Gasteiger partial charge in [-0.15, -0.1) is 0 Å². The number of nitrogens with zero attached hydrogens (tertiary/aromatic N) is 4. The van der Waals surface area contributed by atoms with Crippen molar-refractivity contribution in [1.82, 2.24) is 19.3 Å². The summed E-state index contributed by atoms with van der Waals surface area (Å²) in [6.45, 7) is 0.669. The molecule has 0 aliphatic carbocycles. The molecule has 0 atom stereocenters. The number of fused-ring (bicyclic) bond motifs is 1. The number of alkyl halides is 3. The molecule has 2 heterocycles. The zero-order valence-electron chi connectivity index (χ0n) is 12.6. The molecule has 0 N–H and O–H groups in total. The molecule has 6 nitrogen and oxygen atoms in total. The Balaban J connectivity index is 2.09. The molecule has 0 aliphatic heterocycles. The zero-order valence-corrected chi connectivity index (χ0v) is 12.6. The molecule has 0 saturated heterocycles. The molecule has 0 bridgehead atoms. The predicted octanol–water partition coefficient (Wildman–Crippen LogP) is 2.25. The number of aromatic nitrogens is 4. The first-order valence-corrected chi connectivity index (χ1v) is 7.01. The van der Waals surface area contributed by atoms with Crippen molar-refractivity contribution in [2.45, 2.75) is 12.7 Å². The molecule has 0 radical (unpaired) electrons. The van der Waals surface area contributed by atoms with Crippen molar-refractivity contribution in [3.05, 3.63) is 52.7 Å². The van der Waals surface area contributed by atoms with Crippen LogP contribution in [0.3, 0.4) is 0 Å². The fraction of sp³-hybridized carbons (Fsp3) is 0.267. The molecular weight excluding hydrogens is 325 g/mol. The van der Waals surface area contributed by atoms with Gasteiger partial charge in [0, 0.05) is 7.11 Å². The predicted molar refractivity (Wildman–Crippen MR) is 80.0 cm³/mol. The van der Waals surface area contributed by atoms with Crippen LogP contribution >= 0.6 is 0 Å². The Hall–Kier alpha value is -2.68. The largest absolute Gasteiger partial charge is 0.416 e. The van der Waals surface area contributed by atoms with Gasteiger partial charge in [0.15, 0.2) is 5.65 Å². The van der Waals surface area contributed by atoms with Crippen LogP contribution in [0.2, 0.25) is 0 Å². The van der Waals surface area contributed by atoms with Crippen molar-refractivity contribution in [1.29, 1.82) is 0 Å². The highest BCUT2D eigenvalue weighted by Gasteiger charge is 2.30. The van der Waals surface area contributed by atoms with E-state index in [2.05, 4.69) is 10.1 Å². The summed E-state index contributed by atoms with van der Waals surface area (Å²) in [6.07, 6.45) is -1.83. The highest BCUT2D eigenvalue weighted by molar-refractivity contribution is 5.74. The molecule has 1 aromatic carbocycles. The topological polar surface area (TPSA) is 61.9 Å². The molecule has 126 valence electrons. The molecule has 0 fully saturated rings. The van der Waals surface area contributed by atoms with Crippen LogP contribution in [0, 0.1) is 0 Å². The Morgan fingerprint density at radius 1 is 1.29 bits per heavy atom. The van der Waals surface area contributed by atoms with Crippen molar-refractivity contribution in [2.24, 2.45) is 0 Å². The molecule has 9 heteroatoms. The molecular formula is C15H13F3N4O2. The second-order valence-corrected chi connectivity index (χ2v) is 5.08. The Labute approximate surface area is 134 Å². The zero-order chi connectivity index (χ0) is 17.3. The van der Waals surface area contributed by atoms with E-state index in [9.17, 15) is 18.0 Å². The van der Waals surface area contributed by atoms with Gasteiger partial charge in [-0.1, -0.05) is 6.07 Å². The van der Waals surface area contributed by atoms with Crippen LogP contribution in [0.4, 0.5) is 13.2 Å². The van der Waals surface area contributed by atoms with Gasteiger partial charge in [-0.25, -0.2) is 9.67 Å². The molecule has 0 aliphatic rings. The summed E-state index contributed by atoms with van der Waals surface area (Å²) in [5.41, 5.74) is -0.735. The average molecular weight is 338 g/mol. The van der Waals surface area contributed by atoms with Gasteiger partial charge in [0.2, 0.25) is 0 Å². The maximum Gasteiger partial charge on any atom is 0.416 e. The first-order valence-electron chi connectivity index (χ1n) is 7.01. The monoisotopic (exact) mass is 338 g/mol. The highest BCUT2D eigenvalue weighted by Crippen LogP contribution is 2.30. The van der Waals surface area contributed by atoms with E-state index >= 15 is 0 Å². The fourth-order valence-corrected chi connectivity index (χ4v) is 2.30. The summed E-state index contributed by atoms with van der Waals surface area (Å²) in [7, 11) is 1.52. The summed E-state index contributed by atoms with van der Waals surface area (Å²) in [4.78, 5) is 16.5. The summed E-state index contributed by atoms with van der Waals surface area (Å²) in [5, 5.41) is 4.24. The third-order valence-corrected chi connectivity index (χ3v) is 3.51. The number of ether oxygens (including phenoxy) is 1. The number of rotatable bonds is 4.